The molecule has 1 fully saturated rings. The first-order valence-electron chi connectivity index (χ1n) is 10.5. The quantitative estimate of drug-likeness (QED) is 0.607. The first-order chi connectivity index (χ1) is 15.1. The van der Waals surface area contributed by atoms with Gasteiger partial charge in [0.25, 0.3) is 5.91 Å². The fraction of sp³-hybridized carbons (Fsp3) is 0.333. The van der Waals surface area contributed by atoms with Crippen molar-refractivity contribution in [2.45, 2.75) is 19.5 Å². The molecule has 1 amide bonds. The Morgan fingerprint density at radius 1 is 1.10 bits per heavy atom. The third kappa shape index (κ3) is 5.24. The van der Waals surface area contributed by atoms with Gasteiger partial charge in [-0.3, -0.25) is 9.69 Å². The number of methoxy groups -OCH3 is 1. The summed E-state index contributed by atoms with van der Waals surface area (Å²) >= 11 is 1.55. The van der Waals surface area contributed by atoms with Crippen molar-refractivity contribution in [1.29, 1.82) is 0 Å². The molecule has 7 heteroatoms. The molecule has 162 valence electrons. The first-order valence-corrected chi connectivity index (χ1v) is 11.4. The highest BCUT2D eigenvalue weighted by molar-refractivity contribution is 7.09. The predicted octanol–water partition coefficient (Wildman–Crippen LogP) is 3.96. The summed E-state index contributed by atoms with van der Waals surface area (Å²) in [6, 6.07) is 18.1. The van der Waals surface area contributed by atoms with E-state index in [1.54, 1.807) is 18.4 Å². The van der Waals surface area contributed by atoms with Crippen molar-refractivity contribution in [3.63, 3.8) is 0 Å². The molecular weight excluding hydrogens is 408 g/mol. The van der Waals surface area contributed by atoms with Crippen LogP contribution >= 0.6 is 11.3 Å². The number of piperazine rings is 1. The number of carbonyl (C=O) groups is 1. The van der Waals surface area contributed by atoms with E-state index in [9.17, 15) is 4.79 Å². The SMILES string of the molecule is COc1ccccc1N1CCN(Cc2nc(C(=O)NC(C)c3ccccc3)cs2)CC1. The molecule has 1 aliphatic rings. The number of para-hydroxylation sites is 2. The molecule has 1 atom stereocenters. The molecule has 4 rings (SSSR count). The summed E-state index contributed by atoms with van der Waals surface area (Å²) in [7, 11) is 1.71. The van der Waals surface area contributed by atoms with Crippen LogP contribution < -0.4 is 15.0 Å². The Kier molecular flexibility index (Phi) is 6.84. The number of benzene rings is 2. The molecule has 0 saturated carbocycles. The Bertz CT molecular complexity index is 1000. The van der Waals surface area contributed by atoms with Gasteiger partial charge in [-0.15, -0.1) is 11.3 Å². The van der Waals surface area contributed by atoms with Crippen molar-refractivity contribution in [2.24, 2.45) is 0 Å². The fourth-order valence-corrected chi connectivity index (χ4v) is 4.63. The number of rotatable bonds is 7. The van der Waals surface area contributed by atoms with Gasteiger partial charge in [0.05, 0.1) is 25.4 Å². The van der Waals surface area contributed by atoms with Crippen LogP contribution in [0.5, 0.6) is 5.75 Å². The van der Waals surface area contributed by atoms with E-state index in [0.29, 0.717) is 5.69 Å². The minimum Gasteiger partial charge on any atom is -0.495 e. The van der Waals surface area contributed by atoms with Crippen LogP contribution in [-0.2, 0) is 6.54 Å². The number of hydrogen-bond acceptors (Lipinski definition) is 6. The third-order valence-corrected chi connectivity index (χ3v) is 6.42. The average Bonchev–Trinajstić information content (AvgIpc) is 3.29. The second kappa shape index (κ2) is 9.94. The maximum absolute atomic E-state index is 12.6. The van der Waals surface area contributed by atoms with Crippen molar-refractivity contribution in [3.8, 4) is 5.75 Å². The van der Waals surface area contributed by atoms with Gasteiger partial charge in [0.2, 0.25) is 0 Å². The van der Waals surface area contributed by atoms with Gasteiger partial charge in [-0.1, -0.05) is 42.5 Å². The van der Waals surface area contributed by atoms with E-state index in [0.717, 1.165) is 54.7 Å². The minimum atomic E-state index is -0.125. The molecule has 1 N–H and O–H groups in total. The first kappa shape index (κ1) is 21.3. The van der Waals surface area contributed by atoms with E-state index in [1.807, 2.05) is 60.8 Å². The monoisotopic (exact) mass is 436 g/mol. The zero-order valence-corrected chi connectivity index (χ0v) is 18.8. The summed E-state index contributed by atoms with van der Waals surface area (Å²) in [6.07, 6.45) is 0. The molecule has 0 bridgehead atoms. The van der Waals surface area contributed by atoms with Crippen LogP contribution in [0.2, 0.25) is 0 Å². The van der Waals surface area contributed by atoms with Crippen LogP contribution in [0.15, 0.2) is 60.0 Å². The lowest BCUT2D eigenvalue weighted by atomic mass is 10.1. The zero-order valence-electron chi connectivity index (χ0n) is 18.0. The molecule has 0 aliphatic carbocycles. The van der Waals surface area contributed by atoms with Gasteiger partial charge in [-0.25, -0.2) is 4.98 Å². The highest BCUT2D eigenvalue weighted by Crippen LogP contribution is 2.28. The van der Waals surface area contributed by atoms with Gasteiger partial charge < -0.3 is 15.0 Å². The molecule has 3 aromatic rings. The lowest BCUT2D eigenvalue weighted by molar-refractivity contribution is 0.0935. The Balaban J connectivity index is 1.30. The number of ether oxygens (including phenoxy) is 1. The molecule has 2 aromatic carbocycles. The fourth-order valence-electron chi connectivity index (χ4n) is 3.81. The van der Waals surface area contributed by atoms with E-state index >= 15 is 0 Å². The standard InChI is InChI=1S/C24H28N4O2S/c1-18(19-8-4-3-5-9-19)25-24(29)20-17-31-23(26-20)16-27-12-14-28(15-13-27)21-10-6-7-11-22(21)30-2/h3-11,17-18H,12-16H2,1-2H3,(H,25,29). The molecule has 1 unspecified atom stereocenters. The Morgan fingerprint density at radius 3 is 2.55 bits per heavy atom. The molecular formula is C24H28N4O2S. The second-order valence-corrected chi connectivity index (χ2v) is 8.61. The van der Waals surface area contributed by atoms with E-state index in [4.69, 9.17) is 4.74 Å². The largest absolute Gasteiger partial charge is 0.495 e. The van der Waals surface area contributed by atoms with Gasteiger partial charge in [0, 0.05) is 31.6 Å². The summed E-state index contributed by atoms with van der Waals surface area (Å²) in [4.78, 5) is 21.9. The Hall–Kier alpha value is -2.90. The number of nitrogens with one attached hydrogen (secondary N) is 1. The molecule has 0 radical (unpaired) electrons. The number of nitrogens with zero attached hydrogens (tertiary/aromatic N) is 3. The summed E-state index contributed by atoms with van der Waals surface area (Å²) < 4.78 is 5.50. The van der Waals surface area contributed by atoms with Crippen LogP contribution in [0.4, 0.5) is 5.69 Å². The van der Waals surface area contributed by atoms with Crippen LogP contribution in [0, 0.1) is 0 Å². The highest BCUT2D eigenvalue weighted by atomic mass is 32.1. The van der Waals surface area contributed by atoms with Gasteiger partial charge in [0.15, 0.2) is 0 Å². The van der Waals surface area contributed by atoms with Crippen molar-refractivity contribution >= 4 is 22.9 Å². The molecule has 1 aromatic heterocycles. The smallest absolute Gasteiger partial charge is 0.271 e. The lowest BCUT2D eigenvalue weighted by Gasteiger charge is -2.36. The molecule has 6 nitrogen and oxygen atoms in total. The van der Waals surface area contributed by atoms with Gasteiger partial charge in [0.1, 0.15) is 16.5 Å². The lowest BCUT2D eigenvalue weighted by Crippen LogP contribution is -2.46. The van der Waals surface area contributed by atoms with Crippen molar-refractivity contribution < 1.29 is 9.53 Å². The summed E-state index contributed by atoms with van der Waals surface area (Å²) in [6.45, 7) is 6.53. The normalized spacial score (nSPS) is 15.5. The summed E-state index contributed by atoms with van der Waals surface area (Å²) in [5.74, 6) is 0.788. The second-order valence-electron chi connectivity index (χ2n) is 7.67. The maximum Gasteiger partial charge on any atom is 0.271 e. The number of anilines is 1. The number of hydrogen-bond donors (Lipinski definition) is 1. The van der Waals surface area contributed by atoms with Crippen LogP contribution in [-0.4, -0.2) is 49.1 Å². The van der Waals surface area contributed by atoms with Gasteiger partial charge in [-0.05, 0) is 24.6 Å². The van der Waals surface area contributed by atoms with E-state index in [-0.39, 0.29) is 11.9 Å². The molecule has 1 aliphatic heterocycles. The highest BCUT2D eigenvalue weighted by Gasteiger charge is 2.21. The number of aromatic nitrogens is 1. The Morgan fingerprint density at radius 2 is 1.81 bits per heavy atom. The van der Waals surface area contributed by atoms with Crippen molar-refractivity contribution in [1.82, 2.24) is 15.2 Å². The average molecular weight is 437 g/mol. The topological polar surface area (TPSA) is 57.7 Å². The van der Waals surface area contributed by atoms with Gasteiger partial charge >= 0.3 is 0 Å². The number of amides is 1. The summed E-state index contributed by atoms with van der Waals surface area (Å²) in [5.41, 5.74) is 2.72. The molecule has 31 heavy (non-hydrogen) atoms. The number of carbonyl (C=O) groups excluding carboxylic acids is 1. The zero-order chi connectivity index (χ0) is 21.6. The van der Waals surface area contributed by atoms with Crippen LogP contribution in [0.1, 0.15) is 34.0 Å². The van der Waals surface area contributed by atoms with Crippen molar-refractivity contribution in [2.75, 3.05) is 38.2 Å². The number of thiazole rings is 1. The maximum atomic E-state index is 12.6. The third-order valence-electron chi connectivity index (χ3n) is 5.59. The predicted molar refractivity (Wildman–Crippen MR) is 125 cm³/mol. The van der Waals surface area contributed by atoms with Gasteiger partial charge in [-0.2, -0.15) is 0 Å². The van der Waals surface area contributed by atoms with E-state index in [1.165, 1.54) is 0 Å². The van der Waals surface area contributed by atoms with Crippen LogP contribution in [0.3, 0.4) is 0 Å². The minimum absolute atomic E-state index is 0.0538. The van der Waals surface area contributed by atoms with E-state index in [2.05, 4.69) is 26.2 Å². The van der Waals surface area contributed by atoms with E-state index < -0.39 is 0 Å². The molecule has 0 spiro atoms. The molecule has 1 saturated heterocycles. The Labute approximate surface area is 187 Å². The molecule has 2 heterocycles. The van der Waals surface area contributed by atoms with Crippen LogP contribution in [0.25, 0.3) is 0 Å². The van der Waals surface area contributed by atoms with Crippen molar-refractivity contribution in [3.05, 3.63) is 76.2 Å². The summed E-state index contributed by atoms with van der Waals surface area (Å²) in [5, 5.41) is 5.87.